The monoisotopic (exact) mass is 787 g/mol. The molecule has 0 atom stereocenters. The van der Waals surface area contributed by atoms with Gasteiger partial charge in [-0.3, -0.25) is 4.79 Å². The Bertz CT molecular complexity index is 699. The number of carbonyl (C=O) groups is 2. The molecule has 0 saturated carbocycles. The van der Waals surface area contributed by atoms with Crippen LogP contribution < -0.4 is 34.7 Å². The Morgan fingerprint density at radius 1 is 0.309 bits per heavy atom. The van der Waals surface area contributed by atoms with Gasteiger partial charge in [0, 0.05) is 12.4 Å². The first-order valence-electron chi connectivity index (χ1n) is 24.9. The molecule has 0 aliphatic carbocycles. The molecule has 0 unspecified atom stereocenters. The zero-order valence-electron chi connectivity index (χ0n) is 38.5. The molecule has 0 rings (SSSR count). The van der Waals surface area contributed by atoms with Gasteiger partial charge in [-0.2, -0.15) is 0 Å². The maximum absolute atomic E-state index is 11.9. The van der Waals surface area contributed by atoms with E-state index in [9.17, 15) is 14.7 Å². The Labute approximate surface area is 368 Å². The van der Waals surface area contributed by atoms with Crippen molar-refractivity contribution >= 4 is 11.9 Å². The van der Waals surface area contributed by atoms with E-state index < -0.39 is 5.97 Å². The Kier molecular flexibility index (Phi) is 60.4. The second kappa shape index (κ2) is 56.0. The maximum Gasteiger partial charge on any atom is 1.00 e. The fraction of sp³-hybridized carbons (Fsp3) is 0.960. The Balaban J connectivity index is -0.00000110. The number of carboxylic acid groups (broad SMARTS) is 1. The topological polar surface area (TPSA) is 66.4 Å². The predicted octanol–water partition coefficient (Wildman–Crippen LogP) is 13.5. The first kappa shape index (κ1) is 59.3. The summed E-state index contributed by atoms with van der Waals surface area (Å²) >= 11 is 0. The normalized spacial score (nSPS) is 10.9. The number of rotatable bonds is 45. The molecular formula is C50H99NaO4. The van der Waals surface area contributed by atoms with E-state index in [1.807, 2.05) is 0 Å². The molecule has 0 aliphatic heterocycles. The first-order chi connectivity index (χ1) is 26.6. The Hall–Kier alpha value is -0.0600. The van der Waals surface area contributed by atoms with Gasteiger partial charge in [0.15, 0.2) is 0 Å². The number of unbranched alkanes of at least 4 members (excludes halogenated alkanes) is 39. The van der Waals surface area contributed by atoms with Crippen LogP contribution >= 0.6 is 0 Å². The van der Waals surface area contributed by atoms with E-state index in [2.05, 4.69) is 20.8 Å². The van der Waals surface area contributed by atoms with Gasteiger partial charge < -0.3 is 14.6 Å². The zero-order valence-corrected chi connectivity index (χ0v) is 40.5. The van der Waals surface area contributed by atoms with Crippen LogP contribution in [0.1, 0.15) is 303 Å². The third kappa shape index (κ3) is 60.8. The molecule has 0 aromatic rings. The minimum atomic E-state index is -0.903. The van der Waals surface area contributed by atoms with Crippen LogP contribution in [0.2, 0.25) is 0 Å². The molecule has 0 saturated heterocycles. The second-order valence-electron chi connectivity index (χ2n) is 16.9. The molecule has 5 heteroatoms. The molecule has 0 aromatic carbocycles. The molecule has 0 spiro atoms. The molecule has 0 amide bonds. The summed E-state index contributed by atoms with van der Waals surface area (Å²) in [6.45, 7) is 7.47. The number of carboxylic acids is 1. The van der Waals surface area contributed by atoms with Gasteiger partial charge in [-0.1, -0.05) is 271 Å². The first-order valence-corrected chi connectivity index (χ1v) is 24.9. The summed E-state index contributed by atoms with van der Waals surface area (Å²) in [5.74, 6) is -0.877. The predicted molar refractivity (Wildman–Crippen MR) is 236 cm³/mol. The van der Waals surface area contributed by atoms with Crippen molar-refractivity contribution in [1.82, 2.24) is 0 Å². The van der Waals surface area contributed by atoms with E-state index in [1.165, 1.54) is 244 Å². The van der Waals surface area contributed by atoms with Gasteiger partial charge in [-0.25, -0.2) is 0 Å². The van der Waals surface area contributed by atoms with Crippen molar-refractivity contribution in [3.05, 3.63) is 0 Å². The molecule has 0 aromatic heterocycles. The summed E-state index contributed by atoms with van der Waals surface area (Å²) in [4.78, 5) is 22.1. The van der Waals surface area contributed by atoms with Crippen LogP contribution in [0.5, 0.6) is 0 Å². The van der Waals surface area contributed by atoms with E-state index in [0.29, 0.717) is 13.0 Å². The van der Waals surface area contributed by atoms with E-state index in [4.69, 9.17) is 4.74 Å². The minimum absolute atomic E-state index is 0. The quantitative estimate of drug-likeness (QED) is 0.0350. The van der Waals surface area contributed by atoms with Crippen LogP contribution in [0.3, 0.4) is 0 Å². The van der Waals surface area contributed by atoms with Gasteiger partial charge in [0.05, 0.1) is 6.61 Å². The number of hydrogen-bond acceptors (Lipinski definition) is 4. The van der Waals surface area contributed by atoms with E-state index in [0.717, 1.165) is 25.7 Å². The molecule has 55 heavy (non-hydrogen) atoms. The Morgan fingerprint density at radius 2 is 0.509 bits per heavy atom. The van der Waals surface area contributed by atoms with Crippen molar-refractivity contribution in [2.45, 2.75) is 303 Å². The zero-order chi connectivity index (χ0) is 39.7. The van der Waals surface area contributed by atoms with E-state index in [-0.39, 0.29) is 41.9 Å². The molecule has 0 fully saturated rings. The summed E-state index contributed by atoms with van der Waals surface area (Å²) in [5, 5.41) is 10.2. The summed E-state index contributed by atoms with van der Waals surface area (Å²) < 4.78 is 5.42. The molecule has 0 N–H and O–H groups in total. The van der Waals surface area contributed by atoms with Crippen molar-refractivity contribution in [1.29, 1.82) is 0 Å². The summed E-state index contributed by atoms with van der Waals surface area (Å²) in [7, 11) is 0. The van der Waals surface area contributed by atoms with Gasteiger partial charge in [-0.15, -0.1) is 0 Å². The fourth-order valence-electron chi connectivity index (χ4n) is 7.48. The molecular weight excluding hydrogens is 688 g/mol. The second-order valence-corrected chi connectivity index (χ2v) is 16.9. The van der Waals surface area contributed by atoms with Crippen LogP contribution in [-0.2, 0) is 14.3 Å². The Morgan fingerprint density at radius 3 is 0.745 bits per heavy atom. The number of esters is 1. The van der Waals surface area contributed by atoms with Crippen LogP contribution in [0, 0.1) is 0 Å². The molecule has 0 bridgehead atoms. The average molecular weight is 787 g/mol. The van der Waals surface area contributed by atoms with Crippen molar-refractivity contribution < 1.29 is 49.0 Å². The van der Waals surface area contributed by atoms with Gasteiger partial charge in [0.1, 0.15) is 0 Å². The van der Waals surface area contributed by atoms with Gasteiger partial charge in [-0.05, 0) is 25.7 Å². The average Bonchev–Trinajstić information content (AvgIpc) is 3.16. The van der Waals surface area contributed by atoms with Crippen LogP contribution in [-0.4, -0.2) is 18.5 Å². The number of aliphatic carboxylic acids is 1. The van der Waals surface area contributed by atoms with Crippen LogP contribution in [0.15, 0.2) is 0 Å². The van der Waals surface area contributed by atoms with Crippen molar-refractivity contribution in [3.8, 4) is 0 Å². The van der Waals surface area contributed by atoms with Gasteiger partial charge in [0.2, 0.25) is 0 Å². The summed E-state index contributed by atoms with van der Waals surface area (Å²) in [6, 6.07) is 0. The van der Waals surface area contributed by atoms with Gasteiger partial charge in [0.25, 0.3) is 0 Å². The standard InChI is InChI=1S/C32H64O2.C18H36O2.Na/c1-3-5-7-9-11-13-15-17-19-21-23-25-27-29-31-34-32(33)30-28-26-24-22-20-18-16-14-12-10-8-6-4-2;1-2-3-4-5-6-7-8-9-10-11-12-13-14-15-16-17-18(19)20;/h3-31H2,1-2H3;2-17H2,1H3,(H,19,20);/q;;+1/p-1. The van der Waals surface area contributed by atoms with Crippen molar-refractivity contribution in [2.75, 3.05) is 6.61 Å². The molecule has 0 radical (unpaired) electrons. The van der Waals surface area contributed by atoms with E-state index >= 15 is 0 Å². The molecule has 0 aliphatic rings. The molecule has 324 valence electrons. The van der Waals surface area contributed by atoms with E-state index in [1.54, 1.807) is 0 Å². The van der Waals surface area contributed by atoms with Gasteiger partial charge >= 0.3 is 35.5 Å². The fourth-order valence-corrected chi connectivity index (χ4v) is 7.48. The van der Waals surface area contributed by atoms with Crippen molar-refractivity contribution in [3.63, 3.8) is 0 Å². The van der Waals surface area contributed by atoms with Crippen LogP contribution in [0.25, 0.3) is 0 Å². The number of hydrogen-bond donors (Lipinski definition) is 0. The maximum atomic E-state index is 11.9. The third-order valence-corrected chi connectivity index (χ3v) is 11.2. The largest absolute Gasteiger partial charge is 1.00 e. The summed E-state index contributed by atoms with van der Waals surface area (Å²) in [6.07, 6.45) is 57.0. The smallest absolute Gasteiger partial charge is 0.550 e. The minimum Gasteiger partial charge on any atom is -0.550 e. The SMILES string of the molecule is CCCCCCCCCCCCCCCCCC(=O)[O-].CCCCCCCCCCCCCCCCOC(=O)CCCCCCCCCCCCCCC.[Na+]. The number of ether oxygens (including phenoxy) is 1. The number of carbonyl (C=O) groups excluding carboxylic acids is 2. The van der Waals surface area contributed by atoms with Crippen LogP contribution in [0.4, 0.5) is 0 Å². The molecule has 4 nitrogen and oxygen atoms in total. The molecule has 0 heterocycles. The summed E-state index contributed by atoms with van der Waals surface area (Å²) in [5.41, 5.74) is 0. The van der Waals surface area contributed by atoms with Crippen molar-refractivity contribution in [2.24, 2.45) is 0 Å². The third-order valence-electron chi connectivity index (χ3n) is 11.2.